The molecule has 0 saturated carbocycles. The van der Waals surface area contributed by atoms with Crippen molar-refractivity contribution in [3.63, 3.8) is 0 Å². The monoisotopic (exact) mass is 475 g/mol. The van der Waals surface area contributed by atoms with E-state index in [1.54, 1.807) is 26.0 Å². The van der Waals surface area contributed by atoms with Gasteiger partial charge >= 0.3 is 0 Å². The molecule has 35 heavy (non-hydrogen) atoms. The van der Waals surface area contributed by atoms with Crippen molar-refractivity contribution >= 4 is 11.6 Å². The number of fused-ring (bicyclic) bond motifs is 1. The topological polar surface area (TPSA) is 100 Å². The molecule has 9 nitrogen and oxygen atoms in total. The summed E-state index contributed by atoms with van der Waals surface area (Å²) in [5.41, 5.74) is 5.97. The van der Waals surface area contributed by atoms with Gasteiger partial charge in [0, 0.05) is 40.6 Å². The predicted molar refractivity (Wildman–Crippen MR) is 131 cm³/mol. The van der Waals surface area contributed by atoms with E-state index in [-0.39, 0.29) is 11.7 Å². The number of methoxy groups -OCH3 is 3. The molecule has 1 aromatic carbocycles. The van der Waals surface area contributed by atoms with Crippen molar-refractivity contribution in [3.8, 4) is 23.2 Å². The number of hydrogen-bond donors (Lipinski definition) is 1. The van der Waals surface area contributed by atoms with Crippen LogP contribution in [0, 0.1) is 20.8 Å². The van der Waals surface area contributed by atoms with Crippen LogP contribution in [0.5, 0.6) is 17.2 Å². The lowest BCUT2D eigenvalue weighted by molar-refractivity contribution is -0.116. The molecule has 1 aliphatic carbocycles. The van der Waals surface area contributed by atoms with Crippen LogP contribution in [0.2, 0.25) is 0 Å². The molecular formula is C26H29N5O4. The molecule has 2 aromatic heterocycles. The van der Waals surface area contributed by atoms with Gasteiger partial charge in [0.15, 0.2) is 17.3 Å². The average molecular weight is 476 g/mol. The summed E-state index contributed by atoms with van der Waals surface area (Å²) in [6, 6.07) is 5.76. The number of nitrogens with one attached hydrogen (secondary N) is 1. The lowest BCUT2D eigenvalue weighted by Crippen LogP contribution is -2.27. The summed E-state index contributed by atoms with van der Waals surface area (Å²) in [6.45, 7) is 5.82. The van der Waals surface area contributed by atoms with Gasteiger partial charge in [-0.15, -0.1) is 0 Å². The SMILES string of the molecule is COc1cc(C2C3=C(CCCC3=O)Nc3c2c(C)nn3-c2nc(C)cc(C)n2)cc(OC)c1OC. The number of anilines is 1. The first kappa shape index (κ1) is 22.9. The fraction of sp³-hybridized carbons (Fsp3) is 0.385. The lowest BCUT2D eigenvalue weighted by atomic mass is 9.76. The first-order valence-corrected chi connectivity index (χ1v) is 11.6. The number of ether oxygens (including phenoxy) is 3. The van der Waals surface area contributed by atoms with Gasteiger partial charge in [-0.2, -0.15) is 9.78 Å². The van der Waals surface area contributed by atoms with Crippen LogP contribution in [0.15, 0.2) is 29.5 Å². The summed E-state index contributed by atoms with van der Waals surface area (Å²) in [5, 5.41) is 8.35. The van der Waals surface area contributed by atoms with E-state index >= 15 is 0 Å². The Morgan fingerprint density at radius 3 is 2.20 bits per heavy atom. The van der Waals surface area contributed by atoms with Gasteiger partial charge in [-0.1, -0.05) is 0 Å². The van der Waals surface area contributed by atoms with Crippen molar-refractivity contribution in [1.29, 1.82) is 0 Å². The highest BCUT2D eigenvalue weighted by Gasteiger charge is 2.39. The van der Waals surface area contributed by atoms with Gasteiger partial charge in [-0.3, -0.25) is 4.79 Å². The smallest absolute Gasteiger partial charge is 0.252 e. The molecule has 3 heterocycles. The standard InChI is InChI=1S/C26H29N5O4/c1-13-10-14(2)28-26(27-13)31-25-21(15(3)30-31)22(23-17(29-25)8-7-9-18(23)32)16-11-19(33-4)24(35-6)20(12-16)34-5/h10-12,22,29H,7-9H2,1-6H3. The molecule has 1 atom stereocenters. The molecule has 0 radical (unpaired) electrons. The fourth-order valence-electron chi connectivity index (χ4n) is 5.17. The molecule has 0 spiro atoms. The molecule has 0 fully saturated rings. The number of carbonyl (C=O) groups excluding carboxylic acids is 1. The Balaban J connectivity index is 1.78. The van der Waals surface area contributed by atoms with Gasteiger partial charge in [0.05, 0.1) is 27.0 Å². The highest BCUT2D eigenvalue weighted by atomic mass is 16.5. The molecule has 0 saturated heterocycles. The largest absolute Gasteiger partial charge is 0.493 e. The molecule has 0 bridgehead atoms. The maximum Gasteiger partial charge on any atom is 0.252 e. The normalized spacial score (nSPS) is 17.0. The highest BCUT2D eigenvalue weighted by molar-refractivity contribution is 6.01. The average Bonchev–Trinajstić information content (AvgIpc) is 3.17. The third-order valence-electron chi connectivity index (χ3n) is 6.59. The molecule has 3 aromatic rings. The van der Waals surface area contributed by atoms with E-state index in [9.17, 15) is 4.79 Å². The molecule has 1 aliphatic heterocycles. The van der Waals surface area contributed by atoms with E-state index in [2.05, 4.69) is 15.3 Å². The van der Waals surface area contributed by atoms with Crippen LogP contribution in [0.4, 0.5) is 5.82 Å². The molecule has 9 heteroatoms. The first-order valence-electron chi connectivity index (χ1n) is 11.6. The van der Waals surface area contributed by atoms with Crippen LogP contribution < -0.4 is 19.5 Å². The summed E-state index contributed by atoms with van der Waals surface area (Å²) in [7, 11) is 4.75. The number of Topliss-reactive ketones (excluding diaryl/α,β-unsaturated/α-hetero) is 1. The minimum absolute atomic E-state index is 0.137. The Hall–Kier alpha value is -3.88. The van der Waals surface area contributed by atoms with Crippen LogP contribution in [0.25, 0.3) is 5.95 Å². The molecule has 1 N–H and O–H groups in total. The zero-order valence-electron chi connectivity index (χ0n) is 20.9. The van der Waals surface area contributed by atoms with Crippen molar-refractivity contribution < 1.29 is 19.0 Å². The maximum absolute atomic E-state index is 13.3. The van der Waals surface area contributed by atoms with Gasteiger partial charge < -0.3 is 19.5 Å². The van der Waals surface area contributed by atoms with Crippen LogP contribution in [0.1, 0.15) is 53.4 Å². The number of allylic oxidation sites excluding steroid dienone is 2. The number of nitrogens with zero attached hydrogens (tertiary/aromatic N) is 4. The molecule has 2 aliphatic rings. The second kappa shape index (κ2) is 8.72. The second-order valence-corrected chi connectivity index (χ2v) is 8.90. The molecular weight excluding hydrogens is 446 g/mol. The number of hydrogen-bond acceptors (Lipinski definition) is 8. The number of aryl methyl sites for hydroxylation is 3. The van der Waals surface area contributed by atoms with Crippen LogP contribution in [0.3, 0.4) is 0 Å². The van der Waals surface area contributed by atoms with Crippen LogP contribution in [-0.2, 0) is 4.79 Å². The maximum atomic E-state index is 13.3. The summed E-state index contributed by atoms with van der Waals surface area (Å²) >= 11 is 0. The zero-order chi connectivity index (χ0) is 24.9. The van der Waals surface area contributed by atoms with E-state index < -0.39 is 0 Å². The summed E-state index contributed by atoms with van der Waals surface area (Å²) < 4.78 is 18.5. The Labute approximate surface area is 204 Å². The Kier molecular flexibility index (Phi) is 5.70. The Morgan fingerprint density at radius 2 is 1.60 bits per heavy atom. The van der Waals surface area contributed by atoms with E-state index in [4.69, 9.17) is 19.3 Å². The third kappa shape index (κ3) is 3.71. The van der Waals surface area contributed by atoms with Crippen molar-refractivity contribution in [1.82, 2.24) is 19.7 Å². The lowest BCUT2D eigenvalue weighted by Gasteiger charge is -2.33. The van der Waals surface area contributed by atoms with E-state index in [0.717, 1.165) is 58.1 Å². The molecule has 5 rings (SSSR count). The molecule has 182 valence electrons. The number of benzene rings is 1. The molecule has 1 unspecified atom stereocenters. The van der Waals surface area contributed by atoms with Crippen molar-refractivity contribution in [2.45, 2.75) is 46.0 Å². The van der Waals surface area contributed by atoms with Gasteiger partial charge in [0.25, 0.3) is 5.95 Å². The van der Waals surface area contributed by atoms with Crippen molar-refractivity contribution in [3.05, 3.63) is 57.7 Å². The van der Waals surface area contributed by atoms with E-state index in [0.29, 0.717) is 29.6 Å². The Bertz CT molecular complexity index is 1330. The van der Waals surface area contributed by atoms with Crippen molar-refractivity contribution in [2.24, 2.45) is 0 Å². The number of carbonyl (C=O) groups is 1. The van der Waals surface area contributed by atoms with Crippen LogP contribution >= 0.6 is 0 Å². The van der Waals surface area contributed by atoms with E-state index in [1.807, 2.05) is 39.0 Å². The first-order chi connectivity index (χ1) is 16.9. The van der Waals surface area contributed by atoms with Crippen LogP contribution in [-0.4, -0.2) is 46.9 Å². The predicted octanol–water partition coefficient (Wildman–Crippen LogP) is 4.18. The van der Waals surface area contributed by atoms with Gasteiger partial charge in [0.1, 0.15) is 5.82 Å². The summed E-state index contributed by atoms with van der Waals surface area (Å²) in [6.07, 6.45) is 2.10. The quantitative estimate of drug-likeness (QED) is 0.587. The summed E-state index contributed by atoms with van der Waals surface area (Å²) in [5.74, 6) is 2.65. The minimum Gasteiger partial charge on any atom is -0.493 e. The van der Waals surface area contributed by atoms with Crippen molar-refractivity contribution in [2.75, 3.05) is 26.6 Å². The number of aromatic nitrogens is 4. The number of ketones is 1. The number of rotatable bonds is 5. The highest BCUT2D eigenvalue weighted by Crippen LogP contribution is 2.50. The zero-order valence-corrected chi connectivity index (χ0v) is 20.9. The van der Waals surface area contributed by atoms with E-state index in [1.165, 1.54) is 0 Å². The fourth-order valence-corrected chi connectivity index (χ4v) is 5.17. The molecule has 0 amide bonds. The Morgan fingerprint density at radius 1 is 0.943 bits per heavy atom. The summed E-state index contributed by atoms with van der Waals surface area (Å²) in [4.78, 5) is 22.6. The van der Waals surface area contributed by atoms with Gasteiger partial charge in [0.2, 0.25) is 5.75 Å². The second-order valence-electron chi connectivity index (χ2n) is 8.90. The van der Waals surface area contributed by atoms with Gasteiger partial charge in [-0.25, -0.2) is 9.97 Å². The minimum atomic E-state index is -0.345. The van der Waals surface area contributed by atoms with Gasteiger partial charge in [-0.05, 0) is 57.4 Å². The third-order valence-corrected chi connectivity index (χ3v) is 6.59.